The molecule has 6 heterocycles. The minimum absolute atomic E-state index is 0.00849. The molecule has 0 aliphatic carbocycles. The third-order valence-corrected chi connectivity index (χ3v) is 14.9. The number of cyclic esters (lactones) is 1. The van der Waals surface area contributed by atoms with E-state index in [1.54, 1.807) is 31.2 Å². The second kappa shape index (κ2) is 20.9. The zero-order chi connectivity index (χ0) is 51.1. The van der Waals surface area contributed by atoms with Gasteiger partial charge in [-0.3, -0.25) is 34.0 Å². The standard InChI is InChI=1S/C55H72N8O8/c1-11-47(65)61-21-17-36(30-61)52(67)60(9)49(32(3)4)51(66)57-45-24-34-22-37(25-39(64)23-34)35-15-16-46-40(26-35)42(28-55(6,7)31-71-54(69)44-14-13-19-63(58-44)53(45)68)50(62(46)12-2)41-27-38-29-59(8)20-18-43(38)56-48(41)33(5)70-10/h11,15-16,22-23,25-27,32-33,36,44-45,49,58,64H,1,12-14,17-21,24,28-31H2,2-10H3,(H,57,66)/t33-,36?,44-,45-,49-/m0/s1. The van der Waals surface area contributed by atoms with Crippen LogP contribution < -0.4 is 10.7 Å². The molecule has 2 saturated heterocycles. The molecule has 6 bridgehead atoms. The topological polar surface area (TPSA) is 179 Å². The van der Waals surface area contributed by atoms with E-state index in [1.165, 1.54) is 21.5 Å². The van der Waals surface area contributed by atoms with Crippen molar-refractivity contribution in [3.8, 4) is 28.1 Å². The van der Waals surface area contributed by atoms with Crippen molar-refractivity contribution in [3.63, 3.8) is 0 Å². The zero-order valence-electron chi connectivity index (χ0n) is 43.0. The zero-order valence-corrected chi connectivity index (χ0v) is 43.0. The lowest BCUT2D eigenvalue weighted by molar-refractivity contribution is -0.155. The van der Waals surface area contributed by atoms with E-state index in [1.807, 2.05) is 32.9 Å². The van der Waals surface area contributed by atoms with Gasteiger partial charge in [0.2, 0.25) is 17.7 Å². The lowest BCUT2D eigenvalue weighted by Gasteiger charge is -2.37. The predicted octanol–water partition coefficient (Wildman–Crippen LogP) is 5.96. The van der Waals surface area contributed by atoms with Crippen molar-refractivity contribution in [1.29, 1.82) is 0 Å². The number of hydrazine groups is 1. The molecule has 4 aliphatic heterocycles. The van der Waals surface area contributed by atoms with Crippen LogP contribution in [0.25, 0.3) is 33.3 Å². The highest BCUT2D eigenvalue weighted by atomic mass is 16.5. The maximum absolute atomic E-state index is 14.8. The molecule has 0 radical (unpaired) electrons. The number of carbonyl (C=O) groups excluding carboxylic acids is 5. The van der Waals surface area contributed by atoms with Crippen LogP contribution in [0.2, 0.25) is 0 Å². The summed E-state index contributed by atoms with van der Waals surface area (Å²) in [5.74, 6) is -2.85. The van der Waals surface area contributed by atoms with Crippen molar-refractivity contribution in [2.45, 2.75) is 117 Å². The van der Waals surface area contributed by atoms with E-state index in [9.17, 15) is 29.1 Å². The van der Waals surface area contributed by atoms with Crippen molar-refractivity contribution < 1.29 is 38.6 Å². The summed E-state index contributed by atoms with van der Waals surface area (Å²) in [5, 5.41) is 16.9. The summed E-state index contributed by atoms with van der Waals surface area (Å²) < 4.78 is 14.5. The second-order valence-corrected chi connectivity index (χ2v) is 21.2. The number of phenols is 1. The number of nitrogens with zero attached hydrogens (tertiary/aromatic N) is 6. The molecular weight excluding hydrogens is 901 g/mol. The molecule has 3 N–H and O–H groups in total. The lowest BCUT2D eigenvalue weighted by Crippen LogP contribution is -2.62. The molecule has 1 unspecified atom stereocenters. The van der Waals surface area contributed by atoms with Crippen LogP contribution in [0.1, 0.15) is 95.0 Å². The number of carbonyl (C=O) groups is 5. The molecule has 16 heteroatoms. The number of pyridine rings is 1. The largest absolute Gasteiger partial charge is 0.508 e. The van der Waals surface area contributed by atoms with Gasteiger partial charge in [0, 0.05) is 93.8 Å². The normalized spacial score (nSPS) is 21.6. The van der Waals surface area contributed by atoms with E-state index >= 15 is 0 Å². The Morgan fingerprint density at radius 1 is 1.07 bits per heavy atom. The van der Waals surface area contributed by atoms with Gasteiger partial charge in [-0.25, -0.2) is 5.43 Å². The van der Waals surface area contributed by atoms with Gasteiger partial charge in [0.05, 0.1) is 30.0 Å². The van der Waals surface area contributed by atoms with Crippen LogP contribution in [-0.4, -0.2) is 136 Å². The number of phenolic OH excluding ortho intramolecular Hbond substituents is 1. The third kappa shape index (κ3) is 10.6. The first-order valence-electron chi connectivity index (χ1n) is 25.3. The third-order valence-electron chi connectivity index (χ3n) is 14.9. The molecule has 2 aromatic carbocycles. The number of rotatable bonds is 10. The lowest BCUT2D eigenvalue weighted by atomic mass is 9.83. The number of hydrogen-bond donors (Lipinski definition) is 3. The van der Waals surface area contributed by atoms with Crippen LogP contribution in [0.4, 0.5) is 0 Å². The van der Waals surface area contributed by atoms with Gasteiger partial charge >= 0.3 is 5.97 Å². The first kappa shape index (κ1) is 51.3. The Hall–Kier alpha value is -6.10. The van der Waals surface area contributed by atoms with E-state index in [-0.39, 0.29) is 55.7 Å². The number of methoxy groups -OCH3 is 1. The maximum atomic E-state index is 14.8. The minimum Gasteiger partial charge on any atom is -0.508 e. The smallest absolute Gasteiger partial charge is 0.324 e. The molecule has 2 aromatic heterocycles. The van der Waals surface area contributed by atoms with Crippen LogP contribution in [0.5, 0.6) is 5.75 Å². The summed E-state index contributed by atoms with van der Waals surface area (Å²) in [4.78, 5) is 80.5. The summed E-state index contributed by atoms with van der Waals surface area (Å²) in [6, 6.07) is 10.9. The number of hydrogen-bond acceptors (Lipinski definition) is 11. The summed E-state index contributed by atoms with van der Waals surface area (Å²) in [6.45, 7) is 19.0. The molecule has 0 saturated carbocycles. The van der Waals surface area contributed by atoms with Crippen molar-refractivity contribution in [2.24, 2.45) is 17.3 Å². The van der Waals surface area contributed by atoms with Crippen molar-refractivity contribution >= 4 is 40.5 Å². The number of likely N-dealkylation sites (tertiary alicyclic amines) is 1. The Kier molecular flexibility index (Phi) is 15.1. The Morgan fingerprint density at radius 2 is 1.85 bits per heavy atom. The maximum Gasteiger partial charge on any atom is 0.324 e. The molecule has 380 valence electrons. The monoisotopic (exact) mass is 973 g/mol. The number of ether oxygens (including phenoxy) is 2. The highest BCUT2D eigenvalue weighted by Gasteiger charge is 2.40. The SMILES string of the molecule is C=CC(=O)N1CCC(C(=O)N(C)[C@H](C(=O)N[C@H]2Cc3cc(O)cc(c3)-c3ccc4c(c3)c(c(-c3cc5c(nc3[C@H](C)OC)CCN(C)C5)n4CC)CC(C)(C)COC(=O)[C@@H]3CCCN(N3)C2=O)C(C)C)C1. The highest BCUT2D eigenvalue weighted by molar-refractivity contribution is 5.96. The van der Waals surface area contributed by atoms with Crippen LogP contribution >= 0.6 is 0 Å². The fraction of sp³-hybridized carbons (Fsp3) is 0.527. The number of nitrogens with one attached hydrogen (secondary N) is 2. The number of aryl methyl sites for hydroxylation is 1. The summed E-state index contributed by atoms with van der Waals surface area (Å²) in [7, 11) is 5.43. The van der Waals surface area contributed by atoms with Gasteiger partial charge in [0.1, 0.15) is 23.9 Å². The molecular formula is C55H72N8O8. The van der Waals surface area contributed by atoms with Gasteiger partial charge in [-0.05, 0) is 117 Å². The van der Waals surface area contributed by atoms with Gasteiger partial charge in [-0.2, -0.15) is 0 Å². The number of aromatic nitrogens is 2. The van der Waals surface area contributed by atoms with Crippen molar-refractivity contribution in [3.05, 3.63) is 83.2 Å². The average molecular weight is 973 g/mol. The molecule has 0 spiro atoms. The van der Waals surface area contributed by atoms with Gasteiger partial charge in [0.15, 0.2) is 0 Å². The Morgan fingerprint density at radius 3 is 2.56 bits per heavy atom. The van der Waals surface area contributed by atoms with Gasteiger partial charge in [-0.15, -0.1) is 0 Å². The Bertz CT molecular complexity index is 2730. The number of fused-ring (bicyclic) bond motifs is 7. The minimum atomic E-state index is -1.17. The van der Waals surface area contributed by atoms with Crippen LogP contribution in [0.15, 0.2) is 55.1 Å². The first-order chi connectivity index (χ1) is 33.8. The van der Waals surface area contributed by atoms with Crippen LogP contribution in [0, 0.1) is 17.3 Å². The van der Waals surface area contributed by atoms with Crippen molar-refractivity contribution in [2.75, 3.05) is 54.0 Å². The molecule has 2 fully saturated rings. The van der Waals surface area contributed by atoms with Gasteiger partial charge in [-0.1, -0.05) is 46.4 Å². The van der Waals surface area contributed by atoms with E-state index < -0.39 is 47.2 Å². The number of amides is 4. The second-order valence-electron chi connectivity index (χ2n) is 21.2. The number of likely N-dealkylation sites (N-methyl/N-ethyl adjacent to an activating group) is 2. The van der Waals surface area contributed by atoms with E-state index in [0.29, 0.717) is 44.3 Å². The number of esters is 1. The molecule has 4 aliphatic rings. The summed E-state index contributed by atoms with van der Waals surface area (Å²) in [5.41, 5.74) is 12.0. The van der Waals surface area contributed by atoms with Gasteiger partial charge in [0.25, 0.3) is 5.91 Å². The Balaban J connectivity index is 1.22. The molecule has 71 heavy (non-hydrogen) atoms. The fourth-order valence-electron chi connectivity index (χ4n) is 11.2. The molecule has 8 rings (SSSR count). The first-order valence-corrected chi connectivity index (χ1v) is 25.3. The summed E-state index contributed by atoms with van der Waals surface area (Å²) in [6.07, 6.45) is 3.72. The molecule has 4 amide bonds. The average Bonchev–Trinajstić information content (AvgIpc) is 3.96. The quantitative estimate of drug-likeness (QED) is 0.126. The molecule has 5 atom stereocenters. The Labute approximate surface area is 417 Å². The number of benzene rings is 2. The van der Waals surface area contributed by atoms with E-state index in [2.05, 4.69) is 72.8 Å². The van der Waals surface area contributed by atoms with E-state index in [4.69, 9.17) is 14.5 Å². The van der Waals surface area contributed by atoms with Crippen LogP contribution in [0.3, 0.4) is 0 Å². The van der Waals surface area contributed by atoms with Crippen LogP contribution in [-0.2, 0) is 65.8 Å². The van der Waals surface area contributed by atoms with E-state index in [0.717, 1.165) is 69.7 Å². The predicted molar refractivity (Wildman–Crippen MR) is 272 cm³/mol. The summed E-state index contributed by atoms with van der Waals surface area (Å²) >= 11 is 0. The number of aromatic hydroxyl groups is 1. The fourth-order valence-corrected chi connectivity index (χ4v) is 11.2. The van der Waals surface area contributed by atoms with Crippen molar-refractivity contribution in [1.82, 2.24) is 40.0 Å². The molecule has 4 aromatic rings. The molecule has 16 nitrogen and oxygen atoms in total. The van der Waals surface area contributed by atoms with Gasteiger partial charge < -0.3 is 39.2 Å². The highest BCUT2D eigenvalue weighted by Crippen LogP contribution is 2.43.